The third-order valence-corrected chi connectivity index (χ3v) is 5.91. The summed E-state index contributed by atoms with van der Waals surface area (Å²) in [5, 5.41) is 0. The number of hydrogen-bond donors (Lipinski definition) is 0. The van der Waals surface area contributed by atoms with E-state index in [1.54, 1.807) is 0 Å². The molecule has 0 heterocycles. The molecule has 0 spiro atoms. The SMILES string of the molecule is C=C[CH2][Pd].CC(C)P(C(C)C)C(C)C. The Bertz CT molecular complexity index is 111. The van der Waals surface area contributed by atoms with Crippen LogP contribution in [0, 0.1) is 0 Å². The van der Waals surface area contributed by atoms with Crippen LogP contribution in [0.5, 0.6) is 0 Å². The molecule has 0 aromatic rings. The minimum Gasteiger partial charge on any atom is -0.0988 e. The van der Waals surface area contributed by atoms with Gasteiger partial charge in [0.25, 0.3) is 0 Å². The van der Waals surface area contributed by atoms with E-state index in [1.165, 1.54) is 0 Å². The summed E-state index contributed by atoms with van der Waals surface area (Å²) < 4.78 is 0. The molecule has 0 nitrogen and oxygen atoms in total. The Hall–Kier alpha value is 0.832. The molecule has 0 saturated carbocycles. The van der Waals surface area contributed by atoms with Crippen molar-refractivity contribution in [2.75, 3.05) is 0 Å². The maximum absolute atomic E-state index is 3.44. The average molecular weight is 308 g/mol. The van der Waals surface area contributed by atoms with E-state index in [2.05, 4.69) is 67.3 Å². The monoisotopic (exact) mass is 307 g/mol. The normalized spacial score (nSPS) is 10.9. The fourth-order valence-electron chi connectivity index (χ4n) is 1.79. The first-order valence-electron chi connectivity index (χ1n) is 5.28. The number of rotatable bonds is 4. The fraction of sp³-hybridized carbons (Fsp3) is 0.833. The van der Waals surface area contributed by atoms with Gasteiger partial charge >= 0.3 is 36.8 Å². The number of hydrogen-bond acceptors (Lipinski definition) is 0. The van der Waals surface area contributed by atoms with Gasteiger partial charge in [0.15, 0.2) is 0 Å². The molecule has 2 heteroatoms. The van der Waals surface area contributed by atoms with Crippen LogP contribution in [0.1, 0.15) is 41.5 Å². The zero-order valence-electron chi connectivity index (χ0n) is 10.5. The smallest absolute Gasteiger partial charge is 0.0261 e. The molecule has 0 aliphatic rings. The molecule has 14 heavy (non-hydrogen) atoms. The van der Waals surface area contributed by atoms with E-state index in [1.807, 2.05) is 6.08 Å². The van der Waals surface area contributed by atoms with Gasteiger partial charge in [-0.2, -0.15) is 0 Å². The summed E-state index contributed by atoms with van der Waals surface area (Å²) in [5.74, 6) is 0. The van der Waals surface area contributed by atoms with Crippen molar-refractivity contribution in [3.63, 3.8) is 0 Å². The maximum Gasteiger partial charge on any atom is -0.0261 e. The predicted molar refractivity (Wildman–Crippen MR) is 67.3 cm³/mol. The Morgan fingerprint density at radius 1 is 1.00 bits per heavy atom. The van der Waals surface area contributed by atoms with Crippen molar-refractivity contribution in [2.45, 2.75) is 63.4 Å². The molecule has 0 fully saturated rings. The van der Waals surface area contributed by atoms with Crippen LogP contribution < -0.4 is 0 Å². The second-order valence-corrected chi connectivity index (χ2v) is 8.77. The first kappa shape index (κ1) is 17.2. The third-order valence-electron chi connectivity index (χ3n) is 1.88. The van der Waals surface area contributed by atoms with Gasteiger partial charge in [-0.05, 0) is 17.0 Å². The Kier molecular flexibility index (Phi) is 12.7. The minimum absolute atomic E-state index is 0.262. The molecule has 0 saturated heterocycles. The fourth-order valence-corrected chi connectivity index (χ4v) is 5.37. The summed E-state index contributed by atoms with van der Waals surface area (Å²) in [5.41, 5.74) is 2.69. The van der Waals surface area contributed by atoms with Gasteiger partial charge in [-0.25, -0.2) is 0 Å². The van der Waals surface area contributed by atoms with Gasteiger partial charge in [-0.15, -0.1) is 0 Å². The van der Waals surface area contributed by atoms with Crippen LogP contribution in [-0.4, -0.2) is 17.0 Å². The molecule has 0 aliphatic carbocycles. The van der Waals surface area contributed by atoms with Crippen molar-refractivity contribution in [1.29, 1.82) is 0 Å². The van der Waals surface area contributed by atoms with Crippen LogP contribution in [0.15, 0.2) is 12.7 Å². The molecule has 0 N–H and O–H groups in total. The molecule has 0 rings (SSSR count). The van der Waals surface area contributed by atoms with E-state index in [-0.39, 0.29) is 7.92 Å². The van der Waals surface area contributed by atoms with E-state index < -0.39 is 0 Å². The number of allylic oxidation sites excluding steroid dienone is 1. The summed E-state index contributed by atoms with van der Waals surface area (Å²) in [6, 6.07) is 0. The van der Waals surface area contributed by atoms with E-state index in [0.29, 0.717) is 0 Å². The molecule has 0 amide bonds. The molecule has 89 valence electrons. The standard InChI is InChI=1S/C9H21P.C3H5.Pd/c1-7(2)10(8(3)4)9(5)6;1-3-2;/h7-9H,1-6H3;3H,1-2H2;. The first-order valence-corrected chi connectivity index (χ1v) is 7.93. The van der Waals surface area contributed by atoms with Gasteiger partial charge in [0, 0.05) is 0 Å². The first-order chi connectivity index (χ1) is 6.38. The Morgan fingerprint density at radius 2 is 1.21 bits per heavy atom. The van der Waals surface area contributed by atoms with Crippen LogP contribution in [0.2, 0.25) is 4.89 Å². The van der Waals surface area contributed by atoms with Gasteiger partial charge in [0.2, 0.25) is 0 Å². The largest absolute Gasteiger partial charge is 0.0988 e. The van der Waals surface area contributed by atoms with E-state index >= 15 is 0 Å². The van der Waals surface area contributed by atoms with Gasteiger partial charge < -0.3 is 0 Å². The van der Waals surface area contributed by atoms with Crippen LogP contribution in [0.3, 0.4) is 0 Å². The average Bonchev–Trinajstić information content (AvgIpc) is 2.02. The van der Waals surface area contributed by atoms with Crippen molar-refractivity contribution in [1.82, 2.24) is 0 Å². The van der Waals surface area contributed by atoms with E-state index in [0.717, 1.165) is 21.9 Å². The predicted octanol–water partition coefficient (Wildman–Crippen LogP) is 4.83. The molecule has 0 bridgehead atoms. The van der Waals surface area contributed by atoms with Crippen LogP contribution in [0.4, 0.5) is 0 Å². The summed E-state index contributed by atoms with van der Waals surface area (Å²) >= 11 is 2.92. The van der Waals surface area contributed by atoms with Crippen molar-refractivity contribution in [3.8, 4) is 0 Å². The molecular weight excluding hydrogens is 282 g/mol. The second kappa shape index (κ2) is 10.4. The molecule has 0 aromatic carbocycles. The van der Waals surface area contributed by atoms with Crippen molar-refractivity contribution >= 4 is 7.92 Å². The summed E-state index contributed by atoms with van der Waals surface area (Å²) in [6.07, 6.45) is 1.81. The summed E-state index contributed by atoms with van der Waals surface area (Å²) in [4.78, 5) is 0.933. The Morgan fingerprint density at radius 3 is 1.21 bits per heavy atom. The van der Waals surface area contributed by atoms with Gasteiger partial charge in [0.05, 0.1) is 0 Å². The van der Waals surface area contributed by atoms with Gasteiger partial charge in [-0.3, -0.25) is 0 Å². The topological polar surface area (TPSA) is 0 Å². The Balaban J connectivity index is 0. The van der Waals surface area contributed by atoms with Crippen LogP contribution in [0.25, 0.3) is 0 Å². The van der Waals surface area contributed by atoms with Crippen LogP contribution >= 0.6 is 7.92 Å². The molecule has 0 unspecified atom stereocenters. The zero-order chi connectivity index (χ0) is 11.7. The molecule has 0 radical (unpaired) electrons. The molecule has 0 atom stereocenters. The van der Waals surface area contributed by atoms with E-state index in [9.17, 15) is 0 Å². The zero-order valence-corrected chi connectivity index (χ0v) is 12.9. The third kappa shape index (κ3) is 9.39. The van der Waals surface area contributed by atoms with Crippen molar-refractivity contribution in [2.24, 2.45) is 0 Å². The molecule has 0 aliphatic heterocycles. The van der Waals surface area contributed by atoms with E-state index in [4.69, 9.17) is 0 Å². The minimum atomic E-state index is 0.262. The molecular formula is C12H26PPd. The van der Waals surface area contributed by atoms with Crippen molar-refractivity contribution in [3.05, 3.63) is 12.7 Å². The summed E-state index contributed by atoms with van der Waals surface area (Å²) in [6.45, 7) is 17.6. The second-order valence-electron chi connectivity index (χ2n) is 4.15. The maximum atomic E-state index is 3.44. The van der Waals surface area contributed by atoms with Crippen LogP contribution in [-0.2, 0) is 19.2 Å². The Labute approximate surface area is 103 Å². The summed E-state index contributed by atoms with van der Waals surface area (Å²) in [7, 11) is 0.262. The van der Waals surface area contributed by atoms with Gasteiger partial charge in [-0.1, -0.05) is 49.5 Å². The quantitative estimate of drug-likeness (QED) is 0.396. The molecule has 0 aromatic heterocycles. The van der Waals surface area contributed by atoms with Gasteiger partial charge in [0.1, 0.15) is 0 Å². The van der Waals surface area contributed by atoms with Crippen molar-refractivity contribution < 1.29 is 19.2 Å².